The van der Waals surface area contributed by atoms with E-state index in [1.54, 1.807) is 12.1 Å². The van der Waals surface area contributed by atoms with Gasteiger partial charge in [0.05, 0.1) is 11.1 Å². The summed E-state index contributed by atoms with van der Waals surface area (Å²) in [6, 6.07) is 6.51. The number of benzene rings is 1. The van der Waals surface area contributed by atoms with Crippen LogP contribution in [0.3, 0.4) is 0 Å². The summed E-state index contributed by atoms with van der Waals surface area (Å²) in [4.78, 5) is 6.77. The molecule has 0 spiro atoms. The minimum absolute atomic E-state index is 0.157. The number of H-pyrrole nitrogens is 1. The van der Waals surface area contributed by atoms with E-state index in [0.717, 1.165) is 5.56 Å². The molecule has 94 valence electrons. The fraction of sp³-hybridized carbons (Fsp3) is 0.0909. The quantitative estimate of drug-likeness (QED) is 0.913. The molecule has 0 saturated carbocycles. The molecule has 0 saturated heterocycles. The standard InChI is InChI=1S/C11H10BrN3O2S/c1-8-2-4-9(5-3-8)18(16,17)15-11-7-13-10(12)6-14-11/h2-7H,1H3,(H,14,15). The Hall–Kier alpha value is -1.47. The Kier molecular flexibility index (Phi) is 3.63. The molecule has 1 N–H and O–H groups in total. The van der Waals surface area contributed by atoms with Crippen molar-refractivity contribution in [2.24, 2.45) is 4.40 Å². The zero-order chi connectivity index (χ0) is 13.2. The number of aromatic amines is 1. The lowest BCUT2D eigenvalue weighted by atomic mass is 10.2. The fourth-order valence-corrected chi connectivity index (χ4v) is 2.43. The summed E-state index contributed by atoms with van der Waals surface area (Å²) in [5.41, 5.74) is 1.17. The molecule has 2 rings (SSSR count). The molecule has 2 aromatic rings. The maximum atomic E-state index is 12.0. The van der Waals surface area contributed by atoms with Gasteiger partial charge in [0.25, 0.3) is 10.0 Å². The van der Waals surface area contributed by atoms with Crippen LogP contribution in [0.1, 0.15) is 5.56 Å². The Labute approximate surface area is 113 Å². The molecule has 1 aromatic heterocycles. The number of aromatic nitrogens is 2. The highest BCUT2D eigenvalue weighted by atomic mass is 79.9. The molecule has 0 bridgehead atoms. The van der Waals surface area contributed by atoms with Crippen LogP contribution in [0.15, 0.2) is 50.6 Å². The lowest BCUT2D eigenvalue weighted by Gasteiger charge is -1.98. The van der Waals surface area contributed by atoms with Gasteiger partial charge in [-0.2, -0.15) is 8.42 Å². The van der Waals surface area contributed by atoms with Crippen molar-refractivity contribution in [2.45, 2.75) is 11.8 Å². The van der Waals surface area contributed by atoms with Gasteiger partial charge in [0.2, 0.25) is 0 Å². The van der Waals surface area contributed by atoms with Crippen molar-refractivity contribution in [3.8, 4) is 0 Å². The average Bonchev–Trinajstić information content (AvgIpc) is 2.32. The number of aryl methyl sites for hydroxylation is 1. The number of hydrogen-bond donors (Lipinski definition) is 1. The summed E-state index contributed by atoms with van der Waals surface area (Å²) in [5, 5.41) is 0. The van der Waals surface area contributed by atoms with Crippen LogP contribution < -0.4 is 5.49 Å². The monoisotopic (exact) mass is 327 g/mol. The molecular formula is C11H10BrN3O2S. The predicted octanol–water partition coefficient (Wildman–Crippen LogP) is 1.77. The van der Waals surface area contributed by atoms with Gasteiger partial charge in [0.15, 0.2) is 5.49 Å². The minimum Gasteiger partial charge on any atom is -0.342 e. The summed E-state index contributed by atoms with van der Waals surface area (Å²) in [6.45, 7) is 1.89. The fourth-order valence-electron chi connectivity index (χ4n) is 1.27. The summed E-state index contributed by atoms with van der Waals surface area (Å²) < 4.78 is 28.2. The molecule has 1 aromatic carbocycles. The number of halogens is 1. The third-order valence-corrected chi connectivity index (χ3v) is 3.93. The van der Waals surface area contributed by atoms with Gasteiger partial charge in [-0.1, -0.05) is 17.7 Å². The van der Waals surface area contributed by atoms with E-state index in [2.05, 4.69) is 30.3 Å². The lowest BCUT2D eigenvalue weighted by Crippen LogP contribution is -2.11. The Morgan fingerprint density at radius 3 is 2.50 bits per heavy atom. The van der Waals surface area contributed by atoms with Crippen molar-refractivity contribution in [1.29, 1.82) is 0 Å². The van der Waals surface area contributed by atoms with E-state index >= 15 is 0 Å². The molecule has 0 atom stereocenters. The van der Waals surface area contributed by atoms with E-state index in [9.17, 15) is 8.42 Å². The summed E-state index contributed by atoms with van der Waals surface area (Å²) >= 11 is 3.14. The molecule has 0 aliphatic heterocycles. The molecule has 0 fully saturated rings. The first kappa shape index (κ1) is 13.0. The second-order valence-corrected chi connectivity index (χ2v) is 6.05. The van der Waals surface area contributed by atoms with Gasteiger partial charge in [-0.15, -0.1) is 4.40 Å². The van der Waals surface area contributed by atoms with Gasteiger partial charge in [-0.3, -0.25) is 0 Å². The van der Waals surface area contributed by atoms with E-state index in [-0.39, 0.29) is 10.4 Å². The number of hydrogen-bond acceptors (Lipinski definition) is 3. The first-order valence-electron chi connectivity index (χ1n) is 5.05. The Morgan fingerprint density at radius 2 is 1.94 bits per heavy atom. The average molecular weight is 328 g/mol. The van der Waals surface area contributed by atoms with Crippen molar-refractivity contribution in [2.75, 3.05) is 0 Å². The summed E-state index contributed by atoms with van der Waals surface area (Å²) in [5.74, 6) is 0. The minimum atomic E-state index is -3.70. The first-order valence-corrected chi connectivity index (χ1v) is 7.28. The predicted molar refractivity (Wildman–Crippen MR) is 70.2 cm³/mol. The molecule has 0 aliphatic rings. The van der Waals surface area contributed by atoms with Crippen molar-refractivity contribution >= 4 is 26.0 Å². The van der Waals surface area contributed by atoms with Crippen LogP contribution in [0.25, 0.3) is 0 Å². The smallest absolute Gasteiger partial charge is 0.284 e. The highest BCUT2D eigenvalue weighted by Gasteiger charge is 2.11. The van der Waals surface area contributed by atoms with E-state index in [1.807, 2.05) is 6.92 Å². The van der Waals surface area contributed by atoms with Crippen LogP contribution in [0.2, 0.25) is 0 Å². The Bertz CT molecular complexity index is 700. The highest BCUT2D eigenvalue weighted by molar-refractivity contribution is 9.10. The summed E-state index contributed by atoms with van der Waals surface area (Å²) in [7, 11) is -3.70. The molecule has 5 nitrogen and oxygen atoms in total. The van der Waals surface area contributed by atoms with Crippen LogP contribution in [-0.4, -0.2) is 18.4 Å². The van der Waals surface area contributed by atoms with Gasteiger partial charge in [-0.25, -0.2) is 4.98 Å². The molecule has 0 radical (unpaired) electrons. The molecule has 18 heavy (non-hydrogen) atoms. The van der Waals surface area contributed by atoms with Gasteiger partial charge < -0.3 is 4.98 Å². The molecular weight excluding hydrogens is 318 g/mol. The first-order chi connectivity index (χ1) is 8.47. The van der Waals surface area contributed by atoms with Crippen LogP contribution in [-0.2, 0) is 10.0 Å². The van der Waals surface area contributed by atoms with Crippen molar-refractivity contribution in [3.05, 3.63) is 52.3 Å². The largest absolute Gasteiger partial charge is 0.342 e. The maximum absolute atomic E-state index is 12.0. The van der Waals surface area contributed by atoms with Gasteiger partial charge in [0, 0.05) is 6.20 Å². The summed E-state index contributed by atoms with van der Waals surface area (Å²) in [6.07, 6.45) is 2.86. The molecule has 7 heteroatoms. The van der Waals surface area contributed by atoms with E-state index in [1.165, 1.54) is 24.5 Å². The van der Waals surface area contributed by atoms with Crippen LogP contribution in [0.5, 0.6) is 0 Å². The number of rotatable bonds is 2. The molecule has 0 amide bonds. The van der Waals surface area contributed by atoms with E-state index in [4.69, 9.17) is 0 Å². The van der Waals surface area contributed by atoms with Gasteiger partial charge in [0.1, 0.15) is 4.60 Å². The van der Waals surface area contributed by atoms with Crippen LogP contribution in [0, 0.1) is 6.92 Å². The Balaban J connectivity index is 2.47. The van der Waals surface area contributed by atoms with Crippen molar-refractivity contribution < 1.29 is 8.42 Å². The zero-order valence-electron chi connectivity index (χ0n) is 9.46. The van der Waals surface area contributed by atoms with E-state index in [0.29, 0.717) is 4.60 Å². The number of sulfonamides is 1. The third-order valence-electron chi connectivity index (χ3n) is 2.19. The second-order valence-electron chi connectivity index (χ2n) is 3.63. The van der Waals surface area contributed by atoms with Crippen LogP contribution in [0.4, 0.5) is 0 Å². The van der Waals surface area contributed by atoms with Crippen molar-refractivity contribution in [1.82, 2.24) is 9.97 Å². The zero-order valence-corrected chi connectivity index (χ0v) is 11.9. The van der Waals surface area contributed by atoms with Crippen molar-refractivity contribution in [3.63, 3.8) is 0 Å². The molecule has 0 unspecified atom stereocenters. The maximum Gasteiger partial charge on any atom is 0.284 e. The van der Waals surface area contributed by atoms with Gasteiger partial charge >= 0.3 is 0 Å². The van der Waals surface area contributed by atoms with E-state index < -0.39 is 10.0 Å². The SMILES string of the molecule is Cc1ccc(S(=O)(=O)/N=c2\cnc(Br)c[nH]2)cc1. The normalized spacial score (nSPS) is 12.7. The number of nitrogens with one attached hydrogen (secondary N) is 1. The lowest BCUT2D eigenvalue weighted by molar-refractivity contribution is 0.596. The topological polar surface area (TPSA) is 75.2 Å². The molecule has 0 aliphatic carbocycles. The highest BCUT2D eigenvalue weighted by Crippen LogP contribution is 2.12. The Morgan fingerprint density at radius 1 is 1.28 bits per heavy atom. The second kappa shape index (κ2) is 5.03. The molecule has 1 heterocycles. The third kappa shape index (κ3) is 3.05. The van der Waals surface area contributed by atoms with Gasteiger partial charge in [-0.05, 0) is 35.0 Å². The van der Waals surface area contributed by atoms with Crippen LogP contribution >= 0.6 is 15.9 Å². The number of nitrogens with zero attached hydrogens (tertiary/aromatic N) is 2.